The molecule has 2 aromatic rings. The predicted molar refractivity (Wildman–Crippen MR) is 98.1 cm³/mol. The quantitative estimate of drug-likeness (QED) is 0.685. The van der Waals surface area contributed by atoms with E-state index in [9.17, 15) is 0 Å². The molecule has 0 amide bonds. The van der Waals surface area contributed by atoms with Gasteiger partial charge in [0.15, 0.2) is 0 Å². The van der Waals surface area contributed by atoms with E-state index in [2.05, 4.69) is 54.1 Å². The van der Waals surface area contributed by atoms with Gasteiger partial charge in [-0.05, 0) is 56.9 Å². The highest BCUT2D eigenvalue weighted by molar-refractivity contribution is 7.15. The molecule has 0 aliphatic carbocycles. The number of hydrogen-bond acceptors (Lipinski definition) is 7. The molecular formula is C18H25N3O3S. The summed E-state index contributed by atoms with van der Waals surface area (Å²) in [4.78, 5) is 10.4. The standard InChI is InChI=1S/C18H25N3O3S/c1-11-10-18(3,4)20-15-6-5-13(9-14(11)15)17-19-12(2)16(25-17)7-8-24-21(22)23/h5-6,9,11,20,22-23H,7-8,10H2,1-4H3. The highest BCUT2D eigenvalue weighted by atomic mass is 32.1. The molecular weight excluding hydrogens is 338 g/mol. The lowest BCUT2D eigenvalue weighted by atomic mass is 9.81. The minimum absolute atomic E-state index is 0.117. The minimum Gasteiger partial charge on any atom is -0.380 e. The van der Waals surface area contributed by atoms with Gasteiger partial charge >= 0.3 is 0 Å². The van der Waals surface area contributed by atoms with Crippen LogP contribution in [0.25, 0.3) is 10.6 Å². The molecule has 0 spiro atoms. The molecule has 1 unspecified atom stereocenters. The van der Waals surface area contributed by atoms with Gasteiger partial charge in [-0.15, -0.1) is 11.3 Å². The molecule has 0 saturated heterocycles. The second kappa shape index (κ2) is 7.01. The second-order valence-corrected chi connectivity index (χ2v) is 8.36. The number of thiazole rings is 1. The highest BCUT2D eigenvalue weighted by Crippen LogP contribution is 2.41. The fourth-order valence-electron chi connectivity index (χ4n) is 3.51. The van der Waals surface area contributed by atoms with E-state index in [1.54, 1.807) is 11.3 Å². The van der Waals surface area contributed by atoms with Crippen LogP contribution in [0, 0.1) is 6.92 Å². The highest BCUT2D eigenvalue weighted by Gasteiger charge is 2.29. The van der Waals surface area contributed by atoms with Crippen LogP contribution in [-0.4, -0.2) is 32.9 Å². The van der Waals surface area contributed by atoms with Crippen molar-refractivity contribution >= 4 is 17.0 Å². The number of nitrogens with zero attached hydrogens (tertiary/aromatic N) is 2. The van der Waals surface area contributed by atoms with Crippen molar-refractivity contribution in [1.29, 1.82) is 0 Å². The van der Waals surface area contributed by atoms with Crippen LogP contribution >= 0.6 is 11.3 Å². The van der Waals surface area contributed by atoms with Crippen LogP contribution < -0.4 is 5.32 Å². The average molecular weight is 363 g/mol. The van der Waals surface area contributed by atoms with Gasteiger partial charge in [0.2, 0.25) is 0 Å². The largest absolute Gasteiger partial charge is 0.380 e. The Balaban J connectivity index is 1.82. The molecule has 136 valence electrons. The molecule has 0 bridgehead atoms. The van der Waals surface area contributed by atoms with Crippen LogP contribution in [0.15, 0.2) is 18.2 Å². The zero-order chi connectivity index (χ0) is 18.2. The topological polar surface area (TPSA) is 77.9 Å². The maximum atomic E-state index is 8.61. The Morgan fingerprint density at radius 1 is 1.40 bits per heavy atom. The van der Waals surface area contributed by atoms with Crippen molar-refractivity contribution < 1.29 is 15.3 Å². The third kappa shape index (κ3) is 4.19. The van der Waals surface area contributed by atoms with Gasteiger partial charge in [-0.3, -0.25) is 15.3 Å². The summed E-state index contributed by atoms with van der Waals surface area (Å²) in [6, 6.07) is 6.50. The van der Waals surface area contributed by atoms with Crippen LogP contribution in [0.2, 0.25) is 0 Å². The Bertz CT molecular complexity index is 758. The summed E-state index contributed by atoms with van der Waals surface area (Å²) < 4.78 is 0. The number of aryl methyl sites for hydroxylation is 1. The number of nitrogens with one attached hydrogen (secondary N) is 1. The van der Waals surface area contributed by atoms with Crippen molar-refractivity contribution in [2.24, 2.45) is 0 Å². The molecule has 2 heterocycles. The Kier molecular flexibility index (Phi) is 5.13. The molecule has 6 nitrogen and oxygen atoms in total. The summed E-state index contributed by atoms with van der Waals surface area (Å²) in [6.07, 6.45) is 1.68. The van der Waals surface area contributed by atoms with E-state index in [1.165, 1.54) is 11.3 Å². The molecule has 3 N–H and O–H groups in total. The van der Waals surface area contributed by atoms with E-state index in [0.717, 1.165) is 27.6 Å². The summed E-state index contributed by atoms with van der Waals surface area (Å²) in [5, 5.41) is 21.6. The maximum Gasteiger partial charge on any atom is 0.123 e. The van der Waals surface area contributed by atoms with Gasteiger partial charge in [0, 0.05) is 28.1 Å². The molecule has 1 aliphatic heterocycles. The SMILES string of the molecule is Cc1nc(-c2ccc3c(c2)C(C)CC(C)(C)N3)sc1CCON(O)O. The molecule has 25 heavy (non-hydrogen) atoms. The van der Waals surface area contributed by atoms with Crippen LogP contribution in [-0.2, 0) is 11.3 Å². The first kappa shape index (κ1) is 18.3. The van der Waals surface area contributed by atoms with E-state index in [-0.39, 0.29) is 17.5 Å². The average Bonchev–Trinajstić information content (AvgIpc) is 2.87. The van der Waals surface area contributed by atoms with Crippen LogP contribution in [0.4, 0.5) is 5.69 Å². The van der Waals surface area contributed by atoms with Crippen molar-refractivity contribution in [1.82, 2.24) is 10.4 Å². The zero-order valence-corrected chi connectivity index (χ0v) is 15.9. The molecule has 3 rings (SSSR count). The lowest BCUT2D eigenvalue weighted by Crippen LogP contribution is -2.36. The minimum atomic E-state index is -0.253. The molecule has 1 aliphatic rings. The molecule has 0 radical (unpaired) electrons. The molecule has 0 saturated carbocycles. The van der Waals surface area contributed by atoms with Gasteiger partial charge in [0.25, 0.3) is 0 Å². The Morgan fingerprint density at radius 2 is 2.16 bits per heavy atom. The first-order valence-electron chi connectivity index (χ1n) is 8.45. The fourth-order valence-corrected chi connectivity index (χ4v) is 4.55. The van der Waals surface area contributed by atoms with Crippen LogP contribution in [0.1, 0.15) is 49.2 Å². The van der Waals surface area contributed by atoms with Crippen LogP contribution in [0.5, 0.6) is 0 Å². The van der Waals surface area contributed by atoms with E-state index in [4.69, 9.17) is 10.4 Å². The lowest BCUT2D eigenvalue weighted by Gasteiger charge is -2.37. The first-order valence-corrected chi connectivity index (χ1v) is 9.26. The number of rotatable bonds is 5. The predicted octanol–water partition coefficient (Wildman–Crippen LogP) is 4.37. The number of hydrogen-bond donors (Lipinski definition) is 3. The van der Waals surface area contributed by atoms with Crippen molar-refractivity contribution in [3.8, 4) is 10.6 Å². The summed E-state index contributed by atoms with van der Waals surface area (Å²) in [5.74, 6) is 0.500. The van der Waals surface area contributed by atoms with E-state index >= 15 is 0 Å². The van der Waals surface area contributed by atoms with Crippen molar-refractivity contribution in [2.75, 3.05) is 11.9 Å². The Morgan fingerprint density at radius 3 is 2.88 bits per heavy atom. The van der Waals surface area contributed by atoms with E-state index < -0.39 is 0 Å². The van der Waals surface area contributed by atoms with Gasteiger partial charge in [0.1, 0.15) is 5.01 Å². The third-order valence-corrected chi connectivity index (χ3v) is 5.81. The monoisotopic (exact) mass is 363 g/mol. The van der Waals surface area contributed by atoms with Gasteiger partial charge in [-0.25, -0.2) is 4.98 Å². The van der Waals surface area contributed by atoms with Gasteiger partial charge in [-0.2, -0.15) is 0 Å². The molecule has 1 aromatic heterocycles. The number of fused-ring (bicyclic) bond motifs is 1. The zero-order valence-electron chi connectivity index (χ0n) is 15.0. The number of benzene rings is 1. The smallest absolute Gasteiger partial charge is 0.123 e. The van der Waals surface area contributed by atoms with E-state index in [0.29, 0.717) is 12.3 Å². The van der Waals surface area contributed by atoms with Crippen LogP contribution in [0.3, 0.4) is 0 Å². The summed E-state index contributed by atoms with van der Waals surface area (Å²) >= 11 is 1.62. The van der Waals surface area contributed by atoms with E-state index in [1.807, 2.05) is 6.92 Å². The normalized spacial score (nSPS) is 18.9. The van der Waals surface area contributed by atoms with Gasteiger partial charge in [-0.1, -0.05) is 6.92 Å². The van der Waals surface area contributed by atoms with Crippen molar-refractivity contribution in [2.45, 2.75) is 52.0 Å². The molecule has 7 heteroatoms. The molecule has 0 fully saturated rings. The number of aromatic nitrogens is 1. The Labute approximate surface area is 152 Å². The lowest BCUT2D eigenvalue weighted by molar-refractivity contribution is -0.492. The third-order valence-electron chi connectivity index (χ3n) is 4.55. The van der Waals surface area contributed by atoms with Crippen molar-refractivity contribution in [3.63, 3.8) is 0 Å². The first-order chi connectivity index (χ1) is 11.7. The summed E-state index contributed by atoms with van der Waals surface area (Å²) in [5.41, 5.74) is 4.74. The maximum absolute atomic E-state index is 8.61. The molecule has 1 atom stereocenters. The fraction of sp³-hybridized carbons (Fsp3) is 0.500. The Hall–Kier alpha value is -1.51. The summed E-state index contributed by atoms with van der Waals surface area (Å²) in [6.45, 7) is 8.90. The summed E-state index contributed by atoms with van der Waals surface area (Å²) in [7, 11) is 0. The second-order valence-electron chi connectivity index (χ2n) is 7.28. The van der Waals surface area contributed by atoms with Crippen molar-refractivity contribution in [3.05, 3.63) is 34.3 Å². The van der Waals surface area contributed by atoms with Gasteiger partial charge in [0.05, 0.1) is 17.7 Å². The molecule has 1 aromatic carbocycles. The number of anilines is 1. The van der Waals surface area contributed by atoms with Gasteiger partial charge < -0.3 is 5.32 Å².